The zero-order valence-corrected chi connectivity index (χ0v) is 9.76. The standard InChI is InChI=1S/C12H16N2O2/c1-4-10-5-6-11(13-8(2)15)7-12(10)14-9(3)16/h5-7H,4H2,1-3H3,(H,13,15)(H,14,16). The second kappa shape index (κ2) is 5.30. The number of anilines is 2. The van der Waals surface area contributed by atoms with E-state index >= 15 is 0 Å². The molecular formula is C12H16N2O2. The minimum Gasteiger partial charge on any atom is -0.326 e. The maximum absolute atomic E-state index is 11.0. The van der Waals surface area contributed by atoms with Crippen LogP contribution < -0.4 is 10.6 Å². The second-order valence-electron chi connectivity index (χ2n) is 3.59. The fourth-order valence-corrected chi connectivity index (χ4v) is 1.47. The van der Waals surface area contributed by atoms with Gasteiger partial charge in [-0.15, -0.1) is 0 Å². The average molecular weight is 220 g/mol. The number of rotatable bonds is 3. The number of hydrogen-bond acceptors (Lipinski definition) is 2. The predicted molar refractivity (Wildman–Crippen MR) is 64.4 cm³/mol. The molecule has 0 fully saturated rings. The van der Waals surface area contributed by atoms with Crippen LogP contribution in [0.25, 0.3) is 0 Å². The van der Waals surface area contributed by atoms with Crippen molar-refractivity contribution in [1.29, 1.82) is 0 Å². The van der Waals surface area contributed by atoms with Crippen molar-refractivity contribution in [3.63, 3.8) is 0 Å². The first-order valence-electron chi connectivity index (χ1n) is 5.21. The van der Waals surface area contributed by atoms with E-state index in [4.69, 9.17) is 0 Å². The second-order valence-corrected chi connectivity index (χ2v) is 3.59. The van der Waals surface area contributed by atoms with Crippen molar-refractivity contribution in [2.45, 2.75) is 27.2 Å². The summed E-state index contributed by atoms with van der Waals surface area (Å²) in [7, 11) is 0. The van der Waals surface area contributed by atoms with Crippen LogP contribution in [0.1, 0.15) is 26.3 Å². The lowest BCUT2D eigenvalue weighted by atomic mass is 10.1. The van der Waals surface area contributed by atoms with E-state index in [1.165, 1.54) is 13.8 Å². The van der Waals surface area contributed by atoms with Crippen LogP contribution in [0.15, 0.2) is 18.2 Å². The molecule has 1 aromatic rings. The Bertz CT molecular complexity index is 413. The molecule has 0 aromatic heterocycles. The van der Waals surface area contributed by atoms with Gasteiger partial charge in [-0.05, 0) is 24.1 Å². The third-order valence-electron chi connectivity index (χ3n) is 2.12. The zero-order chi connectivity index (χ0) is 12.1. The van der Waals surface area contributed by atoms with Gasteiger partial charge in [-0.3, -0.25) is 9.59 Å². The minimum atomic E-state index is -0.127. The van der Waals surface area contributed by atoms with Gasteiger partial charge in [0.15, 0.2) is 0 Å². The van der Waals surface area contributed by atoms with E-state index < -0.39 is 0 Å². The van der Waals surface area contributed by atoms with Crippen LogP contribution in [0.4, 0.5) is 11.4 Å². The monoisotopic (exact) mass is 220 g/mol. The van der Waals surface area contributed by atoms with Crippen molar-refractivity contribution < 1.29 is 9.59 Å². The Labute approximate surface area is 95.0 Å². The van der Waals surface area contributed by atoms with Crippen LogP contribution in [-0.2, 0) is 16.0 Å². The van der Waals surface area contributed by atoms with Gasteiger partial charge in [0.1, 0.15) is 0 Å². The molecule has 0 spiro atoms. The number of nitrogens with one attached hydrogen (secondary N) is 2. The SMILES string of the molecule is CCc1ccc(NC(C)=O)cc1NC(C)=O. The molecule has 0 bridgehead atoms. The Balaban J connectivity index is 3.00. The normalized spacial score (nSPS) is 9.69. The maximum atomic E-state index is 11.0. The Morgan fingerprint density at radius 1 is 1.12 bits per heavy atom. The van der Waals surface area contributed by atoms with Crippen molar-refractivity contribution in [2.75, 3.05) is 10.6 Å². The molecule has 0 saturated carbocycles. The molecule has 0 heterocycles. The van der Waals surface area contributed by atoms with E-state index in [-0.39, 0.29) is 11.8 Å². The average Bonchev–Trinajstić information content (AvgIpc) is 2.16. The number of benzene rings is 1. The van der Waals surface area contributed by atoms with Gasteiger partial charge in [0.05, 0.1) is 0 Å². The highest BCUT2D eigenvalue weighted by Crippen LogP contribution is 2.21. The van der Waals surface area contributed by atoms with Gasteiger partial charge in [0, 0.05) is 25.2 Å². The molecule has 86 valence electrons. The predicted octanol–water partition coefficient (Wildman–Crippen LogP) is 2.17. The topological polar surface area (TPSA) is 58.2 Å². The highest BCUT2D eigenvalue weighted by molar-refractivity contribution is 5.93. The summed E-state index contributed by atoms with van der Waals surface area (Å²) in [6.07, 6.45) is 0.829. The first-order valence-corrected chi connectivity index (χ1v) is 5.21. The van der Waals surface area contributed by atoms with Crippen LogP contribution in [0, 0.1) is 0 Å². The molecule has 0 radical (unpaired) electrons. The van der Waals surface area contributed by atoms with Crippen LogP contribution in [0.5, 0.6) is 0 Å². The van der Waals surface area contributed by atoms with Crippen molar-refractivity contribution >= 4 is 23.2 Å². The van der Waals surface area contributed by atoms with Crippen molar-refractivity contribution in [1.82, 2.24) is 0 Å². The van der Waals surface area contributed by atoms with Gasteiger partial charge < -0.3 is 10.6 Å². The van der Waals surface area contributed by atoms with Gasteiger partial charge in [0.2, 0.25) is 11.8 Å². The Morgan fingerprint density at radius 2 is 1.75 bits per heavy atom. The molecule has 0 unspecified atom stereocenters. The fraction of sp³-hybridized carbons (Fsp3) is 0.333. The largest absolute Gasteiger partial charge is 0.326 e. The molecule has 2 amide bonds. The van der Waals surface area contributed by atoms with E-state index in [1.54, 1.807) is 6.07 Å². The van der Waals surface area contributed by atoms with Gasteiger partial charge in [-0.1, -0.05) is 13.0 Å². The molecular weight excluding hydrogens is 204 g/mol. The lowest BCUT2D eigenvalue weighted by molar-refractivity contribution is -0.115. The number of carbonyl (C=O) groups is 2. The summed E-state index contributed by atoms with van der Waals surface area (Å²) in [5.41, 5.74) is 2.49. The molecule has 0 aliphatic rings. The summed E-state index contributed by atoms with van der Waals surface area (Å²) in [4.78, 5) is 21.9. The maximum Gasteiger partial charge on any atom is 0.221 e. The summed E-state index contributed by atoms with van der Waals surface area (Å²) in [5, 5.41) is 5.43. The highest BCUT2D eigenvalue weighted by atomic mass is 16.2. The van der Waals surface area contributed by atoms with Crippen LogP contribution in [-0.4, -0.2) is 11.8 Å². The number of amides is 2. The van der Waals surface area contributed by atoms with Crippen molar-refractivity contribution in [3.05, 3.63) is 23.8 Å². The Hall–Kier alpha value is -1.84. The van der Waals surface area contributed by atoms with Crippen LogP contribution in [0.3, 0.4) is 0 Å². The molecule has 4 heteroatoms. The molecule has 1 aromatic carbocycles. The van der Waals surface area contributed by atoms with E-state index in [0.717, 1.165) is 17.7 Å². The van der Waals surface area contributed by atoms with E-state index in [1.807, 2.05) is 19.1 Å². The fourth-order valence-electron chi connectivity index (χ4n) is 1.47. The van der Waals surface area contributed by atoms with Gasteiger partial charge in [-0.2, -0.15) is 0 Å². The van der Waals surface area contributed by atoms with E-state index in [9.17, 15) is 9.59 Å². The Morgan fingerprint density at radius 3 is 2.25 bits per heavy atom. The quantitative estimate of drug-likeness (QED) is 0.820. The first kappa shape index (κ1) is 12.2. The third-order valence-corrected chi connectivity index (χ3v) is 2.12. The summed E-state index contributed by atoms with van der Waals surface area (Å²) in [6.45, 7) is 4.93. The van der Waals surface area contributed by atoms with Crippen molar-refractivity contribution in [2.24, 2.45) is 0 Å². The first-order chi connectivity index (χ1) is 7.52. The number of hydrogen-bond donors (Lipinski definition) is 2. The number of carbonyl (C=O) groups excluding carboxylic acids is 2. The van der Waals surface area contributed by atoms with Gasteiger partial charge in [-0.25, -0.2) is 0 Å². The summed E-state index contributed by atoms with van der Waals surface area (Å²) in [5.74, 6) is -0.243. The Kier molecular flexibility index (Phi) is 4.05. The molecule has 0 aliphatic heterocycles. The lowest BCUT2D eigenvalue weighted by Gasteiger charge is -2.11. The molecule has 0 atom stereocenters. The van der Waals surface area contributed by atoms with Gasteiger partial charge >= 0.3 is 0 Å². The van der Waals surface area contributed by atoms with E-state index in [0.29, 0.717) is 5.69 Å². The zero-order valence-electron chi connectivity index (χ0n) is 9.76. The highest BCUT2D eigenvalue weighted by Gasteiger charge is 2.04. The molecule has 0 aliphatic carbocycles. The van der Waals surface area contributed by atoms with Gasteiger partial charge in [0.25, 0.3) is 0 Å². The molecule has 0 saturated heterocycles. The van der Waals surface area contributed by atoms with Crippen LogP contribution in [0.2, 0.25) is 0 Å². The minimum absolute atomic E-state index is 0.116. The number of aryl methyl sites for hydroxylation is 1. The molecule has 16 heavy (non-hydrogen) atoms. The molecule has 1 rings (SSSR count). The van der Waals surface area contributed by atoms with E-state index in [2.05, 4.69) is 10.6 Å². The smallest absolute Gasteiger partial charge is 0.221 e. The summed E-state index contributed by atoms with van der Waals surface area (Å²) < 4.78 is 0. The summed E-state index contributed by atoms with van der Waals surface area (Å²) in [6, 6.07) is 5.49. The summed E-state index contributed by atoms with van der Waals surface area (Å²) >= 11 is 0. The van der Waals surface area contributed by atoms with Crippen LogP contribution >= 0.6 is 0 Å². The van der Waals surface area contributed by atoms with Crippen molar-refractivity contribution in [3.8, 4) is 0 Å². The lowest BCUT2D eigenvalue weighted by Crippen LogP contribution is -2.10. The molecule has 2 N–H and O–H groups in total. The molecule has 4 nitrogen and oxygen atoms in total. The third kappa shape index (κ3) is 3.38.